The van der Waals surface area contributed by atoms with E-state index in [4.69, 9.17) is 34.8 Å². The first-order valence-electron chi connectivity index (χ1n) is 5.96. The summed E-state index contributed by atoms with van der Waals surface area (Å²) >= 11 is 18.1. The molecule has 0 amide bonds. The second-order valence-corrected chi connectivity index (χ2v) is 5.84. The highest BCUT2D eigenvalue weighted by Gasteiger charge is 2.34. The molecule has 7 heteroatoms. The summed E-state index contributed by atoms with van der Waals surface area (Å²) in [7, 11) is 0. The molecule has 1 aliphatic rings. The standard InChI is InChI=1S/C13H9Cl3N2O2/c14-7-3-4-9(8(15)5-7)18-12(16)10(13(19)20)11(17-18)6-1-2-6/h3-6H,1-2H2,(H,19,20). The molecule has 2 aromatic rings. The van der Waals surface area contributed by atoms with Gasteiger partial charge >= 0.3 is 5.97 Å². The largest absolute Gasteiger partial charge is 0.478 e. The number of carbonyl (C=O) groups is 1. The molecular formula is C13H9Cl3N2O2. The van der Waals surface area contributed by atoms with Crippen molar-refractivity contribution in [1.29, 1.82) is 0 Å². The number of halogens is 3. The Bertz CT molecular complexity index is 708. The fourth-order valence-electron chi connectivity index (χ4n) is 2.07. The first-order valence-corrected chi connectivity index (χ1v) is 7.09. The van der Waals surface area contributed by atoms with E-state index in [0.717, 1.165) is 12.8 Å². The van der Waals surface area contributed by atoms with Crippen molar-refractivity contribution in [2.24, 2.45) is 0 Å². The number of rotatable bonds is 3. The van der Waals surface area contributed by atoms with Gasteiger partial charge in [-0.05, 0) is 31.0 Å². The van der Waals surface area contributed by atoms with Gasteiger partial charge in [0.25, 0.3) is 0 Å². The molecule has 1 fully saturated rings. The van der Waals surface area contributed by atoms with Gasteiger partial charge in [-0.3, -0.25) is 0 Å². The van der Waals surface area contributed by atoms with E-state index < -0.39 is 5.97 Å². The van der Waals surface area contributed by atoms with Gasteiger partial charge in [-0.1, -0.05) is 34.8 Å². The fourth-order valence-corrected chi connectivity index (χ4v) is 2.86. The third kappa shape index (κ3) is 2.28. The van der Waals surface area contributed by atoms with Crippen molar-refractivity contribution in [3.8, 4) is 5.69 Å². The van der Waals surface area contributed by atoms with Crippen molar-refractivity contribution in [3.05, 3.63) is 44.7 Å². The molecule has 104 valence electrons. The smallest absolute Gasteiger partial charge is 0.340 e. The van der Waals surface area contributed by atoms with Crippen LogP contribution >= 0.6 is 34.8 Å². The van der Waals surface area contributed by atoms with E-state index >= 15 is 0 Å². The Kier molecular flexibility index (Phi) is 3.40. The number of hydrogen-bond donors (Lipinski definition) is 1. The number of aromatic nitrogens is 2. The predicted molar refractivity (Wildman–Crippen MR) is 77.5 cm³/mol. The van der Waals surface area contributed by atoms with Crippen LogP contribution in [0.4, 0.5) is 0 Å². The zero-order valence-electron chi connectivity index (χ0n) is 10.1. The second-order valence-electron chi connectivity index (χ2n) is 4.64. The van der Waals surface area contributed by atoms with Crippen molar-refractivity contribution in [2.75, 3.05) is 0 Å². The summed E-state index contributed by atoms with van der Waals surface area (Å²) in [6.45, 7) is 0. The van der Waals surface area contributed by atoms with Crippen LogP contribution in [-0.4, -0.2) is 20.9 Å². The second kappa shape index (κ2) is 4.95. The van der Waals surface area contributed by atoms with Crippen molar-refractivity contribution in [2.45, 2.75) is 18.8 Å². The Labute approximate surface area is 129 Å². The van der Waals surface area contributed by atoms with Crippen LogP contribution in [-0.2, 0) is 0 Å². The summed E-state index contributed by atoms with van der Waals surface area (Å²) in [5.74, 6) is -0.904. The predicted octanol–water partition coefficient (Wildman–Crippen LogP) is 4.41. The van der Waals surface area contributed by atoms with Crippen LogP contribution in [0.25, 0.3) is 5.69 Å². The molecule has 1 saturated carbocycles. The summed E-state index contributed by atoms with van der Waals surface area (Å²) in [6, 6.07) is 4.87. The highest BCUT2D eigenvalue weighted by atomic mass is 35.5. The number of aromatic carboxylic acids is 1. The minimum absolute atomic E-state index is 0.0557. The molecule has 1 aliphatic carbocycles. The quantitative estimate of drug-likeness (QED) is 0.906. The Balaban J connectivity index is 2.19. The molecule has 0 unspecified atom stereocenters. The Morgan fingerprint density at radius 1 is 1.30 bits per heavy atom. The zero-order chi connectivity index (χ0) is 14.4. The van der Waals surface area contributed by atoms with Gasteiger partial charge in [-0.2, -0.15) is 5.10 Å². The highest BCUT2D eigenvalue weighted by molar-refractivity contribution is 6.36. The van der Waals surface area contributed by atoms with E-state index in [9.17, 15) is 9.90 Å². The fraction of sp³-hybridized carbons (Fsp3) is 0.231. The van der Waals surface area contributed by atoms with Crippen LogP contribution < -0.4 is 0 Å². The van der Waals surface area contributed by atoms with Gasteiger partial charge in [0.15, 0.2) is 0 Å². The maximum atomic E-state index is 11.4. The molecule has 1 aromatic carbocycles. The van der Waals surface area contributed by atoms with Gasteiger partial charge in [-0.25, -0.2) is 9.48 Å². The summed E-state index contributed by atoms with van der Waals surface area (Å²) in [5, 5.41) is 14.5. The van der Waals surface area contributed by atoms with E-state index in [-0.39, 0.29) is 16.6 Å². The third-order valence-electron chi connectivity index (χ3n) is 3.17. The highest BCUT2D eigenvalue weighted by Crippen LogP contribution is 2.43. The molecule has 0 spiro atoms. The van der Waals surface area contributed by atoms with Crippen LogP contribution in [0.15, 0.2) is 18.2 Å². The lowest BCUT2D eigenvalue weighted by Crippen LogP contribution is -2.00. The molecule has 0 atom stereocenters. The maximum absolute atomic E-state index is 11.4. The topological polar surface area (TPSA) is 55.1 Å². The van der Waals surface area contributed by atoms with Gasteiger partial charge in [0.1, 0.15) is 10.7 Å². The van der Waals surface area contributed by atoms with E-state index in [1.807, 2.05) is 0 Å². The maximum Gasteiger partial charge on any atom is 0.340 e. The molecular weight excluding hydrogens is 323 g/mol. The van der Waals surface area contributed by atoms with E-state index in [0.29, 0.717) is 21.4 Å². The number of carboxylic acid groups (broad SMARTS) is 1. The van der Waals surface area contributed by atoms with Gasteiger partial charge in [0.05, 0.1) is 16.4 Å². The number of hydrogen-bond acceptors (Lipinski definition) is 2. The van der Waals surface area contributed by atoms with Crippen molar-refractivity contribution in [3.63, 3.8) is 0 Å². The van der Waals surface area contributed by atoms with E-state index in [2.05, 4.69) is 5.10 Å². The number of carboxylic acids is 1. The summed E-state index contributed by atoms with van der Waals surface area (Å²) < 4.78 is 1.36. The molecule has 20 heavy (non-hydrogen) atoms. The number of nitrogens with zero attached hydrogens (tertiary/aromatic N) is 2. The minimum Gasteiger partial charge on any atom is -0.478 e. The third-order valence-corrected chi connectivity index (χ3v) is 4.06. The Morgan fingerprint density at radius 2 is 2.00 bits per heavy atom. The summed E-state index contributed by atoms with van der Waals surface area (Å²) in [4.78, 5) is 11.4. The van der Waals surface area contributed by atoms with Gasteiger partial charge in [-0.15, -0.1) is 0 Å². The van der Waals surface area contributed by atoms with Gasteiger partial charge < -0.3 is 5.11 Å². The lowest BCUT2D eigenvalue weighted by atomic mass is 10.2. The lowest BCUT2D eigenvalue weighted by molar-refractivity contribution is 0.0696. The molecule has 0 bridgehead atoms. The van der Waals surface area contributed by atoms with Crippen LogP contribution in [0.3, 0.4) is 0 Å². The van der Waals surface area contributed by atoms with Crippen molar-refractivity contribution >= 4 is 40.8 Å². The normalized spacial score (nSPS) is 14.6. The van der Waals surface area contributed by atoms with Crippen LogP contribution in [0.5, 0.6) is 0 Å². The average Bonchev–Trinajstić information content (AvgIpc) is 3.14. The van der Waals surface area contributed by atoms with E-state index in [1.165, 1.54) is 4.68 Å². The molecule has 1 aromatic heterocycles. The molecule has 4 nitrogen and oxygen atoms in total. The average molecular weight is 332 g/mol. The summed E-state index contributed by atoms with van der Waals surface area (Å²) in [5.41, 5.74) is 1.09. The monoisotopic (exact) mass is 330 g/mol. The molecule has 1 heterocycles. The van der Waals surface area contributed by atoms with Gasteiger partial charge in [0.2, 0.25) is 0 Å². The Morgan fingerprint density at radius 3 is 2.55 bits per heavy atom. The van der Waals surface area contributed by atoms with Crippen LogP contribution in [0, 0.1) is 0 Å². The number of benzene rings is 1. The van der Waals surface area contributed by atoms with E-state index in [1.54, 1.807) is 18.2 Å². The SMILES string of the molecule is O=C(O)c1c(C2CC2)nn(-c2ccc(Cl)cc2Cl)c1Cl. The molecule has 0 aliphatic heterocycles. The molecule has 1 N–H and O–H groups in total. The minimum atomic E-state index is -1.08. The van der Waals surface area contributed by atoms with Crippen LogP contribution in [0.2, 0.25) is 15.2 Å². The van der Waals surface area contributed by atoms with Crippen LogP contribution in [0.1, 0.15) is 34.8 Å². The van der Waals surface area contributed by atoms with Crippen molar-refractivity contribution < 1.29 is 9.90 Å². The first kappa shape index (κ1) is 13.7. The zero-order valence-corrected chi connectivity index (χ0v) is 12.4. The molecule has 0 saturated heterocycles. The Hall–Kier alpha value is -1.23. The first-order chi connectivity index (χ1) is 9.49. The van der Waals surface area contributed by atoms with Crippen molar-refractivity contribution in [1.82, 2.24) is 9.78 Å². The summed E-state index contributed by atoms with van der Waals surface area (Å²) in [6.07, 6.45) is 1.87. The molecule has 0 radical (unpaired) electrons. The van der Waals surface area contributed by atoms with Gasteiger partial charge in [0, 0.05) is 10.9 Å². The lowest BCUT2D eigenvalue weighted by Gasteiger charge is -2.05. The molecule has 3 rings (SSSR count).